The van der Waals surface area contributed by atoms with E-state index >= 15 is 0 Å². The van der Waals surface area contributed by atoms with Gasteiger partial charge in [0.15, 0.2) is 11.6 Å². The summed E-state index contributed by atoms with van der Waals surface area (Å²) in [6.45, 7) is 4.54. The quantitative estimate of drug-likeness (QED) is 0.838. The molecule has 0 radical (unpaired) electrons. The Labute approximate surface area is 124 Å². The van der Waals surface area contributed by atoms with E-state index in [2.05, 4.69) is 18.8 Å². The lowest BCUT2D eigenvalue weighted by Crippen LogP contribution is -2.28. The van der Waals surface area contributed by atoms with Gasteiger partial charge < -0.3 is 10.5 Å². The van der Waals surface area contributed by atoms with Gasteiger partial charge in [0.2, 0.25) is 0 Å². The first-order chi connectivity index (χ1) is 9.96. The lowest BCUT2D eigenvalue weighted by atomic mass is 9.76. The number of hydrogen-bond donors (Lipinski definition) is 1. The topological polar surface area (TPSA) is 48.1 Å². The maximum absolute atomic E-state index is 14.2. The molecule has 1 aromatic heterocycles. The summed E-state index contributed by atoms with van der Waals surface area (Å²) in [6.07, 6.45) is 5.79. The molecule has 4 heteroatoms. The fraction of sp³-hybridized carbons (Fsp3) is 0.471. The van der Waals surface area contributed by atoms with Crippen molar-refractivity contribution < 1.29 is 9.13 Å². The third kappa shape index (κ3) is 2.80. The summed E-state index contributed by atoms with van der Waals surface area (Å²) in [6, 6.07) is 4.96. The maximum Gasteiger partial charge on any atom is 0.181 e. The summed E-state index contributed by atoms with van der Waals surface area (Å²) >= 11 is 0. The van der Waals surface area contributed by atoms with Gasteiger partial charge in [-0.05, 0) is 43.2 Å². The van der Waals surface area contributed by atoms with Gasteiger partial charge in [0.1, 0.15) is 5.52 Å². The van der Waals surface area contributed by atoms with Gasteiger partial charge in [0.25, 0.3) is 0 Å². The van der Waals surface area contributed by atoms with Crippen LogP contribution in [0.4, 0.5) is 10.1 Å². The van der Waals surface area contributed by atoms with Gasteiger partial charge in [-0.2, -0.15) is 0 Å². The molecule has 1 aromatic carbocycles. The van der Waals surface area contributed by atoms with Crippen molar-refractivity contribution in [3.8, 4) is 5.75 Å². The summed E-state index contributed by atoms with van der Waals surface area (Å²) in [5, 5.41) is 0.741. The second-order valence-corrected chi connectivity index (χ2v) is 6.66. The van der Waals surface area contributed by atoms with Crippen LogP contribution in [0.1, 0.15) is 39.5 Å². The molecule has 1 aliphatic rings. The minimum Gasteiger partial charge on any atom is -0.485 e. The van der Waals surface area contributed by atoms with Crippen molar-refractivity contribution in [2.75, 3.05) is 5.73 Å². The molecule has 0 spiro atoms. The van der Waals surface area contributed by atoms with E-state index in [1.165, 1.54) is 6.07 Å². The van der Waals surface area contributed by atoms with Crippen molar-refractivity contribution in [2.24, 2.45) is 5.41 Å². The molecule has 112 valence electrons. The van der Waals surface area contributed by atoms with Crippen LogP contribution in [0.25, 0.3) is 10.9 Å². The van der Waals surface area contributed by atoms with Crippen molar-refractivity contribution in [1.82, 2.24) is 4.98 Å². The van der Waals surface area contributed by atoms with Crippen LogP contribution in [-0.2, 0) is 0 Å². The average Bonchev–Trinajstić information content (AvgIpc) is 2.45. The van der Waals surface area contributed by atoms with Gasteiger partial charge in [-0.25, -0.2) is 4.39 Å². The van der Waals surface area contributed by atoms with E-state index in [9.17, 15) is 4.39 Å². The molecular formula is C17H21FN2O. The SMILES string of the molecule is CC1(C)CCC(Oc2c(F)cc(N)c3cccnc23)CC1. The molecule has 2 N–H and O–H groups in total. The highest BCUT2D eigenvalue weighted by Crippen LogP contribution is 2.38. The first kappa shape index (κ1) is 14.1. The lowest BCUT2D eigenvalue weighted by molar-refractivity contribution is 0.0965. The van der Waals surface area contributed by atoms with E-state index in [0.29, 0.717) is 16.6 Å². The van der Waals surface area contributed by atoms with Gasteiger partial charge in [-0.3, -0.25) is 4.98 Å². The highest BCUT2D eigenvalue weighted by Gasteiger charge is 2.29. The zero-order valence-corrected chi connectivity index (χ0v) is 12.5. The highest BCUT2D eigenvalue weighted by atomic mass is 19.1. The Morgan fingerprint density at radius 1 is 1.33 bits per heavy atom. The molecular weight excluding hydrogens is 267 g/mol. The van der Waals surface area contributed by atoms with Gasteiger partial charge in [-0.1, -0.05) is 13.8 Å². The third-order valence-corrected chi connectivity index (χ3v) is 4.40. The number of benzene rings is 1. The van der Waals surface area contributed by atoms with Crippen molar-refractivity contribution >= 4 is 16.6 Å². The number of hydrogen-bond acceptors (Lipinski definition) is 3. The molecule has 1 aliphatic carbocycles. The zero-order valence-electron chi connectivity index (χ0n) is 12.5. The number of rotatable bonds is 2. The predicted molar refractivity (Wildman–Crippen MR) is 82.8 cm³/mol. The molecule has 0 unspecified atom stereocenters. The summed E-state index contributed by atoms with van der Waals surface area (Å²) < 4.78 is 20.2. The minimum absolute atomic E-state index is 0.0568. The van der Waals surface area contributed by atoms with Gasteiger partial charge in [-0.15, -0.1) is 0 Å². The van der Waals surface area contributed by atoms with E-state index < -0.39 is 5.82 Å². The number of aromatic nitrogens is 1. The number of pyridine rings is 1. The predicted octanol–water partition coefficient (Wildman–Crippen LogP) is 4.30. The highest BCUT2D eigenvalue weighted by molar-refractivity contribution is 5.94. The van der Waals surface area contributed by atoms with Crippen molar-refractivity contribution in [3.63, 3.8) is 0 Å². The Balaban J connectivity index is 1.91. The van der Waals surface area contributed by atoms with E-state index in [1.807, 2.05) is 6.07 Å². The fourth-order valence-corrected chi connectivity index (χ4v) is 2.98. The molecule has 1 heterocycles. The Hall–Kier alpha value is -1.84. The molecule has 3 nitrogen and oxygen atoms in total. The minimum atomic E-state index is -0.427. The summed E-state index contributed by atoms with van der Waals surface area (Å²) in [5.74, 6) is -0.187. The summed E-state index contributed by atoms with van der Waals surface area (Å²) in [7, 11) is 0. The van der Waals surface area contributed by atoms with Crippen molar-refractivity contribution in [1.29, 1.82) is 0 Å². The molecule has 1 fully saturated rings. The number of nitrogens with zero attached hydrogens (tertiary/aromatic N) is 1. The van der Waals surface area contributed by atoms with E-state index in [0.717, 1.165) is 31.1 Å². The largest absolute Gasteiger partial charge is 0.485 e. The molecule has 2 aromatic rings. The number of halogens is 1. The van der Waals surface area contributed by atoms with Gasteiger partial charge >= 0.3 is 0 Å². The van der Waals surface area contributed by atoms with E-state index in [-0.39, 0.29) is 11.9 Å². The average molecular weight is 288 g/mol. The zero-order chi connectivity index (χ0) is 15.0. The Morgan fingerprint density at radius 2 is 2.05 bits per heavy atom. The van der Waals surface area contributed by atoms with Crippen LogP contribution in [0, 0.1) is 11.2 Å². The molecule has 0 atom stereocenters. The Kier molecular flexibility index (Phi) is 3.47. The summed E-state index contributed by atoms with van der Waals surface area (Å²) in [4.78, 5) is 4.25. The standard InChI is InChI=1S/C17H21FN2O/c1-17(2)7-5-11(6-8-17)21-16-13(18)10-14(19)12-4-3-9-20-15(12)16/h3-4,9-11H,5-8,19H2,1-2H3. The number of fused-ring (bicyclic) bond motifs is 1. The first-order valence-electron chi connectivity index (χ1n) is 7.46. The molecule has 0 bridgehead atoms. The Bertz CT molecular complexity index is 659. The smallest absolute Gasteiger partial charge is 0.181 e. The lowest BCUT2D eigenvalue weighted by Gasteiger charge is -2.34. The van der Waals surface area contributed by atoms with Gasteiger partial charge in [0.05, 0.1) is 6.10 Å². The monoisotopic (exact) mass is 288 g/mol. The number of nitrogens with two attached hydrogens (primary N) is 1. The molecule has 21 heavy (non-hydrogen) atoms. The second-order valence-electron chi connectivity index (χ2n) is 6.66. The molecule has 0 aliphatic heterocycles. The number of ether oxygens (including phenoxy) is 1. The van der Waals surface area contributed by atoms with Crippen molar-refractivity contribution in [3.05, 3.63) is 30.2 Å². The van der Waals surface area contributed by atoms with Crippen LogP contribution >= 0.6 is 0 Å². The van der Waals surface area contributed by atoms with Crippen LogP contribution in [0.15, 0.2) is 24.4 Å². The molecule has 3 rings (SSSR count). The second kappa shape index (κ2) is 5.17. The van der Waals surface area contributed by atoms with Crippen molar-refractivity contribution in [2.45, 2.75) is 45.6 Å². The Morgan fingerprint density at radius 3 is 2.76 bits per heavy atom. The molecule has 0 saturated heterocycles. The van der Waals surface area contributed by atoms with E-state index in [4.69, 9.17) is 10.5 Å². The fourth-order valence-electron chi connectivity index (χ4n) is 2.98. The third-order valence-electron chi connectivity index (χ3n) is 4.40. The van der Waals surface area contributed by atoms with Crippen LogP contribution < -0.4 is 10.5 Å². The van der Waals surface area contributed by atoms with Gasteiger partial charge in [0, 0.05) is 23.3 Å². The molecule has 1 saturated carbocycles. The normalized spacial score (nSPS) is 18.8. The summed E-state index contributed by atoms with van der Waals surface area (Å²) in [5.41, 5.74) is 7.13. The molecule has 0 amide bonds. The van der Waals surface area contributed by atoms with Crippen LogP contribution in [0.5, 0.6) is 5.75 Å². The van der Waals surface area contributed by atoms with Crippen LogP contribution in [0.2, 0.25) is 0 Å². The number of anilines is 1. The van der Waals surface area contributed by atoms with Crippen LogP contribution in [0.3, 0.4) is 0 Å². The van der Waals surface area contributed by atoms with E-state index in [1.54, 1.807) is 12.3 Å². The van der Waals surface area contributed by atoms with Crippen LogP contribution in [-0.4, -0.2) is 11.1 Å². The number of nitrogen functional groups attached to an aromatic ring is 1. The maximum atomic E-state index is 14.2. The first-order valence-corrected chi connectivity index (χ1v) is 7.46.